The fourth-order valence-electron chi connectivity index (χ4n) is 1.22. The van der Waals surface area contributed by atoms with Gasteiger partial charge in [-0.2, -0.15) is 0 Å². The van der Waals surface area contributed by atoms with Crippen LogP contribution < -0.4 is 10.2 Å². The van der Waals surface area contributed by atoms with E-state index in [-0.39, 0.29) is 0 Å². The third kappa shape index (κ3) is 2.94. The zero-order valence-electron chi connectivity index (χ0n) is 9.47. The molecule has 1 heterocycles. The van der Waals surface area contributed by atoms with Crippen molar-refractivity contribution in [3.63, 3.8) is 0 Å². The van der Waals surface area contributed by atoms with E-state index in [0.717, 1.165) is 17.6 Å². The van der Waals surface area contributed by atoms with Crippen LogP contribution in [0, 0.1) is 17.0 Å². The smallest absolute Gasteiger partial charge is 0.274 e. The van der Waals surface area contributed by atoms with Crippen LogP contribution in [0.15, 0.2) is 30.4 Å². The van der Waals surface area contributed by atoms with Gasteiger partial charge in [-0.1, -0.05) is 0 Å². The maximum atomic E-state index is 10.4. The lowest BCUT2D eigenvalue weighted by Crippen LogP contribution is -2.26. The number of pyridine rings is 1. The molecule has 1 rings (SSSR count). The Morgan fingerprint density at radius 3 is 2.75 bits per heavy atom. The summed E-state index contributed by atoms with van der Waals surface area (Å²) < 4.78 is 0. The van der Waals surface area contributed by atoms with E-state index < -0.39 is 4.92 Å². The number of aromatic nitrogens is 1. The topological polar surface area (TPSA) is 71.3 Å². The van der Waals surface area contributed by atoms with Gasteiger partial charge >= 0.3 is 0 Å². The van der Waals surface area contributed by atoms with E-state index in [1.54, 1.807) is 25.2 Å². The monoisotopic (exact) mass is 222 g/mol. The van der Waals surface area contributed by atoms with Crippen LogP contribution in [0.5, 0.6) is 0 Å². The van der Waals surface area contributed by atoms with Crippen molar-refractivity contribution >= 4 is 5.69 Å². The van der Waals surface area contributed by atoms with Gasteiger partial charge in [0, 0.05) is 19.8 Å². The molecule has 0 saturated carbocycles. The minimum Gasteiger partial charge on any atom is -0.369 e. The highest BCUT2D eigenvalue weighted by Gasteiger charge is 2.09. The Labute approximate surface area is 93.7 Å². The number of nitro groups is 1. The average molecular weight is 222 g/mol. The molecule has 0 amide bonds. The summed E-state index contributed by atoms with van der Waals surface area (Å²) in [5.74, 6) is 0.399. The first kappa shape index (κ1) is 12.0. The van der Waals surface area contributed by atoms with Crippen molar-refractivity contribution in [3.05, 3.63) is 46.2 Å². The minimum absolute atomic E-state index is 0.399. The van der Waals surface area contributed by atoms with Gasteiger partial charge in [-0.25, -0.2) is 0 Å². The second-order valence-corrected chi connectivity index (χ2v) is 3.27. The van der Waals surface area contributed by atoms with Crippen LogP contribution in [0.3, 0.4) is 0 Å². The molecule has 1 aromatic rings. The molecule has 0 unspecified atom stereocenters. The number of hydrogen-bond acceptors (Lipinski definition) is 5. The predicted octanol–water partition coefficient (Wildman–Crippen LogP) is 1.12. The second-order valence-electron chi connectivity index (χ2n) is 3.27. The molecule has 0 aliphatic rings. The summed E-state index contributed by atoms with van der Waals surface area (Å²) in [6, 6.07) is 3.71. The summed E-state index contributed by atoms with van der Waals surface area (Å²) in [7, 11) is 3.37. The normalized spacial score (nSPS) is 11.1. The van der Waals surface area contributed by atoms with Crippen molar-refractivity contribution in [1.82, 2.24) is 10.3 Å². The average Bonchev–Trinajstić information content (AvgIpc) is 2.25. The fraction of sp³-hybridized carbons (Fsp3) is 0.300. The Hall–Kier alpha value is -2.11. The Morgan fingerprint density at radius 2 is 2.31 bits per heavy atom. The zero-order chi connectivity index (χ0) is 12.1. The minimum atomic E-state index is -0.496. The molecule has 0 saturated heterocycles. The molecule has 1 N–H and O–H groups in total. The Bertz CT molecular complexity index is 400. The molecule has 0 aliphatic carbocycles. The van der Waals surface area contributed by atoms with E-state index in [9.17, 15) is 10.1 Å². The highest BCUT2D eigenvalue weighted by molar-refractivity contribution is 5.48. The van der Waals surface area contributed by atoms with E-state index in [1.165, 1.54) is 0 Å². The first-order valence-electron chi connectivity index (χ1n) is 4.74. The molecule has 16 heavy (non-hydrogen) atoms. The number of nitrogens with zero attached hydrogens (tertiary/aromatic N) is 3. The molecule has 0 bridgehead atoms. The van der Waals surface area contributed by atoms with Crippen LogP contribution in [-0.2, 0) is 0 Å². The largest absolute Gasteiger partial charge is 0.369 e. The molecule has 0 fully saturated rings. The lowest BCUT2D eigenvalue weighted by Gasteiger charge is -2.19. The number of anilines is 1. The molecule has 86 valence electrons. The van der Waals surface area contributed by atoms with Crippen LogP contribution in [-0.4, -0.2) is 24.0 Å². The maximum Gasteiger partial charge on any atom is 0.274 e. The second kappa shape index (κ2) is 5.11. The van der Waals surface area contributed by atoms with Crippen LogP contribution in [0.1, 0.15) is 5.69 Å². The van der Waals surface area contributed by atoms with E-state index in [4.69, 9.17) is 0 Å². The van der Waals surface area contributed by atoms with E-state index in [2.05, 4.69) is 10.3 Å². The van der Waals surface area contributed by atoms with Crippen LogP contribution in [0.4, 0.5) is 5.69 Å². The molecule has 0 atom stereocenters. The third-order valence-corrected chi connectivity index (χ3v) is 2.13. The summed E-state index contributed by atoms with van der Waals surface area (Å²) in [5, 5.41) is 13.2. The molecule has 1 aromatic heterocycles. The Kier molecular flexibility index (Phi) is 3.82. The molecule has 0 radical (unpaired) electrons. The SMILES string of the molecule is CNC(=C[N+](=O)[O-])N(C)c1ccc(C)nc1. The van der Waals surface area contributed by atoms with Gasteiger partial charge in [0.2, 0.25) is 0 Å². The summed E-state index contributed by atoms with van der Waals surface area (Å²) in [6.45, 7) is 1.88. The van der Waals surface area contributed by atoms with Gasteiger partial charge in [0.25, 0.3) is 6.20 Å². The Balaban J connectivity index is 2.95. The van der Waals surface area contributed by atoms with E-state index in [1.807, 2.05) is 19.1 Å². The van der Waals surface area contributed by atoms with Crippen molar-refractivity contribution < 1.29 is 4.92 Å². The van der Waals surface area contributed by atoms with Crippen molar-refractivity contribution in [3.8, 4) is 0 Å². The summed E-state index contributed by atoms with van der Waals surface area (Å²) in [6.07, 6.45) is 2.58. The van der Waals surface area contributed by atoms with Crippen LogP contribution >= 0.6 is 0 Å². The predicted molar refractivity (Wildman–Crippen MR) is 61.5 cm³/mol. The fourth-order valence-corrected chi connectivity index (χ4v) is 1.22. The Morgan fingerprint density at radius 1 is 1.62 bits per heavy atom. The van der Waals surface area contributed by atoms with Crippen LogP contribution in [0.2, 0.25) is 0 Å². The molecular weight excluding hydrogens is 208 g/mol. The van der Waals surface area contributed by atoms with Gasteiger partial charge in [0.15, 0.2) is 5.82 Å². The quantitative estimate of drug-likeness (QED) is 0.610. The van der Waals surface area contributed by atoms with Crippen molar-refractivity contribution in [2.45, 2.75) is 6.92 Å². The number of hydrogen-bond donors (Lipinski definition) is 1. The lowest BCUT2D eigenvalue weighted by molar-refractivity contribution is -0.403. The van der Waals surface area contributed by atoms with Crippen molar-refractivity contribution in [2.75, 3.05) is 19.0 Å². The van der Waals surface area contributed by atoms with E-state index >= 15 is 0 Å². The van der Waals surface area contributed by atoms with Gasteiger partial charge in [-0.05, 0) is 19.1 Å². The van der Waals surface area contributed by atoms with Gasteiger partial charge in [-0.15, -0.1) is 0 Å². The van der Waals surface area contributed by atoms with Crippen LogP contribution in [0.25, 0.3) is 0 Å². The molecule has 0 aromatic carbocycles. The standard InChI is InChI=1S/C10H14N4O2/c1-8-4-5-9(6-12-8)13(3)10(11-2)7-14(15)16/h4-7,11H,1-3H3. The van der Waals surface area contributed by atoms with Gasteiger partial charge in [0.05, 0.1) is 16.8 Å². The molecule has 0 aliphatic heterocycles. The van der Waals surface area contributed by atoms with Gasteiger partial charge in [-0.3, -0.25) is 15.1 Å². The van der Waals surface area contributed by atoms with E-state index in [0.29, 0.717) is 5.82 Å². The van der Waals surface area contributed by atoms with Crippen molar-refractivity contribution in [1.29, 1.82) is 0 Å². The zero-order valence-corrected chi connectivity index (χ0v) is 9.47. The third-order valence-electron chi connectivity index (χ3n) is 2.13. The molecule has 6 heteroatoms. The summed E-state index contributed by atoms with van der Waals surface area (Å²) in [4.78, 5) is 15.7. The maximum absolute atomic E-state index is 10.4. The number of aryl methyl sites for hydroxylation is 1. The van der Waals surface area contributed by atoms with Crippen molar-refractivity contribution in [2.24, 2.45) is 0 Å². The number of nitrogens with one attached hydrogen (secondary N) is 1. The van der Waals surface area contributed by atoms with Gasteiger partial charge < -0.3 is 10.2 Å². The van der Waals surface area contributed by atoms with Gasteiger partial charge in [0.1, 0.15) is 0 Å². The first-order chi connectivity index (χ1) is 7.54. The first-order valence-corrected chi connectivity index (χ1v) is 4.74. The lowest BCUT2D eigenvalue weighted by atomic mass is 10.3. The molecule has 6 nitrogen and oxygen atoms in total. The highest BCUT2D eigenvalue weighted by atomic mass is 16.6. The molecule has 0 spiro atoms. The highest BCUT2D eigenvalue weighted by Crippen LogP contribution is 2.14. The summed E-state index contributed by atoms with van der Waals surface area (Å²) >= 11 is 0. The summed E-state index contributed by atoms with van der Waals surface area (Å²) in [5.41, 5.74) is 1.69. The molecular formula is C10H14N4O2. The number of rotatable bonds is 4.